The van der Waals surface area contributed by atoms with E-state index < -0.39 is 10.8 Å². The van der Waals surface area contributed by atoms with E-state index in [1.165, 1.54) is 16.8 Å². The van der Waals surface area contributed by atoms with Crippen LogP contribution in [0.1, 0.15) is 27.3 Å². The number of rotatable bonds is 5. The maximum atomic E-state index is 12.5. The molecular formula is C20H20N4O4. The Balaban J connectivity index is 1.93. The molecule has 2 aromatic carbocycles. The van der Waals surface area contributed by atoms with Crippen LogP contribution in [0.25, 0.3) is 0 Å². The molecule has 8 nitrogen and oxygen atoms in total. The summed E-state index contributed by atoms with van der Waals surface area (Å²) in [5.41, 5.74) is 3.03. The van der Waals surface area contributed by atoms with E-state index in [-0.39, 0.29) is 17.1 Å². The zero-order valence-electron chi connectivity index (χ0n) is 16.0. The number of non-ortho nitro benzene ring substituents is 1. The second-order valence-corrected chi connectivity index (χ2v) is 6.59. The average molecular weight is 380 g/mol. The molecule has 0 saturated heterocycles. The molecule has 0 aliphatic rings. The number of nitro groups is 1. The number of nitrogens with one attached hydrogen (secondary N) is 1. The minimum atomic E-state index is -0.528. The largest absolute Gasteiger partial charge is 0.457 e. The standard InChI is InChI=1S/C20H20N4O4/c1-12-5-6-13(2)19(7-12)28-17-10-15(9-16(11-17)24(26)27)21-20(25)18-8-14(3)22-23(18)4/h5-11H,1-4H3,(H,21,25). The van der Waals surface area contributed by atoms with Crippen molar-refractivity contribution in [2.24, 2.45) is 7.05 Å². The number of amides is 1. The molecule has 0 bridgehead atoms. The molecule has 0 saturated carbocycles. The number of aromatic nitrogens is 2. The van der Waals surface area contributed by atoms with Crippen LogP contribution in [-0.4, -0.2) is 20.6 Å². The fraction of sp³-hybridized carbons (Fsp3) is 0.200. The SMILES string of the molecule is Cc1ccc(C)c(Oc2cc(NC(=O)c3cc(C)nn3C)cc([N+](=O)[O-])c2)c1. The summed E-state index contributed by atoms with van der Waals surface area (Å²) in [6.07, 6.45) is 0. The lowest BCUT2D eigenvalue weighted by atomic mass is 10.1. The molecule has 0 spiro atoms. The highest BCUT2D eigenvalue weighted by Crippen LogP contribution is 2.32. The van der Waals surface area contributed by atoms with Gasteiger partial charge in [-0.3, -0.25) is 19.6 Å². The third-order valence-electron chi connectivity index (χ3n) is 4.17. The van der Waals surface area contributed by atoms with E-state index in [0.717, 1.165) is 11.1 Å². The lowest BCUT2D eigenvalue weighted by Gasteiger charge is -2.12. The number of hydrogen-bond acceptors (Lipinski definition) is 5. The number of aryl methyl sites for hydroxylation is 4. The first kappa shape index (κ1) is 19.1. The van der Waals surface area contributed by atoms with Crippen molar-refractivity contribution in [3.63, 3.8) is 0 Å². The molecule has 8 heteroatoms. The van der Waals surface area contributed by atoms with Gasteiger partial charge in [-0.25, -0.2) is 0 Å². The highest BCUT2D eigenvalue weighted by molar-refractivity contribution is 6.03. The summed E-state index contributed by atoms with van der Waals surface area (Å²) in [5.74, 6) is 0.445. The van der Waals surface area contributed by atoms with Crippen LogP contribution in [0.2, 0.25) is 0 Å². The summed E-state index contributed by atoms with van der Waals surface area (Å²) in [7, 11) is 1.66. The zero-order valence-corrected chi connectivity index (χ0v) is 16.0. The van der Waals surface area contributed by atoms with Gasteiger partial charge in [-0.05, 0) is 44.0 Å². The minimum Gasteiger partial charge on any atom is -0.457 e. The molecule has 1 heterocycles. The normalized spacial score (nSPS) is 10.6. The highest BCUT2D eigenvalue weighted by atomic mass is 16.6. The molecule has 1 aromatic heterocycles. The third-order valence-corrected chi connectivity index (χ3v) is 4.17. The van der Waals surface area contributed by atoms with Crippen LogP contribution in [0.15, 0.2) is 42.5 Å². The van der Waals surface area contributed by atoms with E-state index in [1.54, 1.807) is 26.1 Å². The highest BCUT2D eigenvalue weighted by Gasteiger charge is 2.16. The molecule has 28 heavy (non-hydrogen) atoms. The molecule has 0 atom stereocenters. The maximum absolute atomic E-state index is 12.5. The lowest BCUT2D eigenvalue weighted by molar-refractivity contribution is -0.384. The fourth-order valence-corrected chi connectivity index (χ4v) is 2.78. The molecule has 0 fully saturated rings. The Morgan fingerprint density at radius 1 is 1.14 bits per heavy atom. The first-order valence-electron chi connectivity index (χ1n) is 8.59. The zero-order chi connectivity index (χ0) is 20.4. The molecule has 0 aliphatic carbocycles. The Morgan fingerprint density at radius 3 is 2.54 bits per heavy atom. The number of benzene rings is 2. The summed E-state index contributed by atoms with van der Waals surface area (Å²) in [6, 6.07) is 11.5. The van der Waals surface area contributed by atoms with Gasteiger partial charge in [0.15, 0.2) is 0 Å². The maximum Gasteiger partial charge on any atom is 0.275 e. The summed E-state index contributed by atoms with van der Waals surface area (Å²) < 4.78 is 7.32. The van der Waals surface area contributed by atoms with Crippen molar-refractivity contribution in [3.05, 3.63) is 75.1 Å². The van der Waals surface area contributed by atoms with Gasteiger partial charge in [-0.1, -0.05) is 12.1 Å². The monoisotopic (exact) mass is 380 g/mol. The van der Waals surface area contributed by atoms with Crippen molar-refractivity contribution in [2.75, 3.05) is 5.32 Å². The summed E-state index contributed by atoms with van der Waals surface area (Å²) in [5, 5.41) is 18.1. The number of anilines is 1. The Morgan fingerprint density at radius 2 is 1.89 bits per heavy atom. The van der Waals surface area contributed by atoms with Gasteiger partial charge in [0, 0.05) is 19.2 Å². The van der Waals surface area contributed by atoms with E-state index in [1.807, 2.05) is 32.0 Å². The molecule has 1 N–H and O–H groups in total. The van der Waals surface area contributed by atoms with Gasteiger partial charge in [0.05, 0.1) is 22.4 Å². The summed E-state index contributed by atoms with van der Waals surface area (Å²) >= 11 is 0. The van der Waals surface area contributed by atoms with Crippen molar-refractivity contribution < 1.29 is 14.5 Å². The second kappa shape index (κ2) is 7.51. The smallest absolute Gasteiger partial charge is 0.275 e. The van der Waals surface area contributed by atoms with E-state index in [9.17, 15) is 14.9 Å². The van der Waals surface area contributed by atoms with E-state index in [2.05, 4.69) is 10.4 Å². The summed E-state index contributed by atoms with van der Waals surface area (Å²) in [4.78, 5) is 23.3. The van der Waals surface area contributed by atoms with Crippen molar-refractivity contribution in [2.45, 2.75) is 20.8 Å². The lowest BCUT2D eigenvalue weighted by Crippen LogP contribution is -2.16. The predicted molar refractivity (Wildman–Crippen MR) is 105 cm³/mol. The fourth-order valence-electron chi connectivity index (χ4n) is 2.78. The molecule has 3 rings (SSSR count). The number of hydrogen-bond donors (Lipinski definition) is 1. The van der Waals surface area contributed by atoms with Gasteiger partial charge in [0.1, 0.15) is 17.2 Å². The molecule has 0 aliphatic heterocycles. The third kappa shape index (κ3) is 4.17. The first-order chi connectivity index (χ1) is 13.2. The molecule has 3 aromatic rings. The van der Waals surface area contributed by atoms with Crippen LogP contribution < -0.4 is 10.1 Å². The van der Waals surface area contributed by atoms with Crippen molar-refractivity contribution in [1.82, 2.24) is 9.78 Å². The Bertz CT molecular complexity index is 1070. The molecule has 0 radical (unpaired) electrons. The first-order valence-corrected chi connectivity index (χ1v) is 8.59. The van der Waals surface area contributed by atoms with Gasteiger partial charge in [0.2, 0.25) is 0 Å². The van der Waals surface area contributed by atoms with Crippen molar-refractivity contribution in [3.8, 4) is 11.5 Å². The Labute approximate surface area is 161 Å². The van der Waals surface area contributed by atoms with Crippen LogP contribution in [0.4, 0.5) is 11.4 Å². The van der Waals surface area contributed by atoms with Gasteiger partial charge in [0.25, 0.3) is 11.6 Å². The number of nitrogens with zero attached hydrogens (tertiary/aromatic N) is 3. The van der Waals surface area contributed by atoms with Crippen molar-refractivity contribution >= 4 is 17.3 Å². The number of ether oxygens (including phenoxy) is 1. The van der Waals surface area contributed by atoms with Gasteiger partial charge < -0.3 is 10.1 Å². The van der Waals surface area contributed by atoms with E-state index >= 15 is 0 Å². The minimum absolute atomic E-state index is 0.181. The average Bonchev–Trinajstić information content (AvgIpc) is 2.96. The molecular weight excluding hydrogens is 360 g/mol. The Kier molecular flexibility index (Phi) is 5.12. The molecule has 1 amide bonds. The van der Waals surface area contributed by atoms with Gasteiger partial charge in [-0.2, -0.15) is 5.10 Å². The van der Waals surface area contributed by atoms with E-state index in [0.29, 0.717) is 17.1 Å². The predicted octanol–water partition coefficient (Wildman–Crippen LogP) is 4.30. The van der Waals surface area contributed by atoms with Crippen LogP contribution in [-0.2, 0) is 7.05 Å². The van der Waals surface area contributed by atoms with Gasteiger partial charge in [-0.15, -0.1) is 0 Å². The quantitative estimate of drug-likeness (QED) is 0.525. The molecule has 0 unspecified atom stereocenters. The summed E-state index contributed by atoms with van der Waals surface area (Å²) in [6.45, 7) is 5.60. The Hall–Kier alpha value is -3.68. The van der Waals surface area contributed by atoms with Crippen LogP contribution >= 0.6 is 0 Å². The molecule has 144 valence electrons. The second-order valence-electron chi connectivity index (χ2n) is 6.59. The number of nitro benzene ring substituents is 1. The topological polar surface area (TPSA) is 99.3 Å². The van der Waals surface area contributed by atoms with Crippen molar-refractivity contribution in [1.29, 1.82) is 0 Å². The van der Waals surface area contributed by atoms with Gasteiger partial charge >= 0.3 is 0 Å². The van der Waals surface area contributed by atoms with E-state index in [4.69, 9.17) is 4.74 Å². The number of carbonyl (C=O) groups is 1. The van der Waals surface area contributed by atoms with Crippen LogP contribution in [0.3, 0.4) is 0 Å². The number of carbonyl (C=O) groups excluding carboxylic acids is 1. The van der Waals surface area contributed by atoms with Crippen LogP contribution in [0, 0.1) is 30.9 Å². The van der Waals surface area contributed by atoms with Crippen LogP contribution in [0.5, 0.6) is 11.5 Å².